The van der Waals surface area contributed by atoms with Gasteiger partial charge in [-0.15, -0.1) is 15.7 Å². The highest BCUT2D eigenvalue weighted by molar-refractivity contribution is 7.93. The minimum Gasteiger partial charge on any atom is -0.383 e. The number of fused-ring (bicyclic) bond motifs is 3. The first-order chi connectivity index (χ1) is 13.6. The van der Waals surface area contributed by atoms with E-state index in [9.17, 15) is 14.1 Å². The topological polar surface area (TPSA) is 131 Å². The average Bonchev–Trinajstić information content (AvgIpc) is 3.31. The van der Waals surface area contributed by atoms with Gasteiger partial charge in [-0.3, -0.25) is 5.32 Å². The number of nitrogens with zero attached hydrogens (tertiary/aromatic N) is 3. The molecule has 0 spiro atoms. The van der Waals surface area contributed by atoms with Gasteiger partial charge in [0.15, 0.2) is 9.92 Å². The number of amides is 2. The molecule has 4 N–H and O–H groups in total. The normalized spacial score (nSPS) is 15.7. The second kappa shape index (κ2) is 7.13. The van der Waals surface area contributed by atoms with Crippen LogP contribution in [0.1, 0.15) is 36.4 Å². The molecule has 1 unspecified atom stereocenters. The van der Waals surface area contributed by atoms with Gasteiger partial charge < -0.3 is 5.11 Å². The lowest BCUT2D eigenvalue weighted by Crippen LogP contribution is -2.18. The minimum absolute atomic E-state index is 0.126. The summed E-state index contributed by atoms with van der Waals surface area (Å²) in [5, 5.41) is 19.9. The van der Waals surface area contributed by atoms with Crippen molar-refractivity contribution in [3.8, 4) is 0 Å². The van der Waals surface area contributed by atoms with Gasteiger partial charge >= 0.3 is 6.03 Å². The summed E-state index contributed by atoms with van der Waals surface area (Å²) < 4.78 is 16.6. The molecule has 1 aromatic carbocycles. The number of aryl methyl sites for hydroxylation is 1. The molecule has 1 aliphatic rings. The fourth-order valence-corrected chi connectivity index (χ4v) is 5.45. The highest BCUT2D eigenvalue weighted by atomic mass is 32.2. The largest absolute Gasteiger partial charge is 0.383 e. The number of pyridine rings is 1. The van der Waals surface area contributed by atoms with Gasteiger partial charge in [0.25, 0.3) is 0 Å². The molecule has 2 heterocycles. The van der Waals surface area contributed by atoms with Crippen molar-refractivity contribution in [2.24, 2.45) is 9.50 Å². The number of aliphatic hydroxyl groups is 1. The molecule has 8 nitrogen and oxygen atoms in total. The van der Waals surface area contributed by atoms with Crippen molar-refractivity contribution in [2.45, 2.75) is 42.9 Å². The SMILES string of the molecule is CC(C)(O)c1ncc(S(N)(=O)=NC(=O)Nc2nc3ccccc3c3c2CCC3)s1. The van der Waals surface area contributed by atoms with E-state index in [1.54, 1.807) is 13.8 Å². The Hall–Kier alpha value is -2.40. The van der Waals surface area contributed by atoms with Crippen LogP contribution in [0.2, 0.25) is 0 Å². The van der Waals surface area contributed by atoms with E-state index in [2.05, 4.69) is 19.6 Å². The Morgan fingerprint density at radius 3 is 2.76 bits per heavy atom. The number of thiazole rings is 1. The standard InChI is InChI=1S/C19H21N5O3S2/c1-19(2,26)17-21-10-15(28-17)29(20,27)24-18(25)23-16-13-8-5-7-11(13)12-6-3-4-9-14(12)22-16/h3-4,6,9-10,26H,5,7-8H2,1-2H3,(H3,20,22,23,24,25,27). The van der Waals surface area contributed by atoms with E-state index in [-0.39, 0.29) is 4.21 Å². The molecule has 1 aliphatic carbocycles. The van der Waals surface area contributed by atoms with Crippen molar-refractivity contribution in [3.05, 3.63) is 46.6 Å². The maximum Gasteiger partial charge on any atom is 0.356 e. The van der Waals surface area contributed by atoms with Crippen LogP contribution in [0.5, 0.6) is 0 Å². The lowest BCUT2D eigenvalue weighted by atomic mass is 10.1. The van der Waals surface area contributed by atoms with Gasteiger partial charge in [0, 0.05) is 5.39 Å². The van der Waals surface area contributed by atoms with Gasteiger partial charge in [-0.05, 0) is 50.3 Å². The summed E-state index contributed by atoms with van der Waals surface area (Å²) in [6.07, 6.45) is 4.00. The number of anilines is 1. The number of nitrogens with two attached hydrogens (primary N) is 1. The van der Waals surface area contributed by atoms with E-state index in [0.717, 1.165) is 47.1 Å². The van der Waals surface area contributed by atoms with Crippen LogP contribution < -0.4 is 10.5 Å². The summed E-state index contributed by atoms with van der Waals surface area (Å²) in [7, 11) is -3.50. The van der Waals surface area contributed by atoms with Crippen LogP contribution in [-0.4, -0.2) is 25.3 Å². The maximum atomic E-state index is 12.8. The first kappa shape index (κ1) is 19.9. The number of carbonyl (C=O) groups excluding carboxylic acids is 1. The van der Waals surface area contributed by atoms with Gasteiger partial charge in [-0.2, -0.15) is 0 Å². The maximum absolute atomic E-state index is 12.8. The van der Waals surface area contributed by atoms with E-state index in [4.69, 9.17) is 5.14 Å². The number of benzene rings is 1. The predicted molar refractivity (Wildman–Crippen MR) is 113 cm³/mol. The van der Waals surface area contributed by atoms with Crippen molar-refractivity contribution < 1.29 is 14.1 Å². The smallest absolute Gasteiger partial charge is 0.356 e. The number of rotatable bonds is 3. The first-order valence-electron chi connectivity index (χ1n) is 9.10. The van der Waals surface area contributed by atoms with Crippen LogP contribution in [0.25, 0.3) is 10.9 Å². The number of hydrogen-bond donors (Lipinski definition) is 3. The molecule has 10 heteroatoms. The Morgan fingerprint density at radius 1 is 1.31 bits per heavy atom. The number of urea groups is 1. The lowest BCUT2D eigenvalue weighted by Gasteiger charge is -2.12. The monoisotopic (exact) mass is 431 g/mol. The summed E-state index contributed by atoms with van der Waals surface area (Å²) in [5.41, 5.74) is 1.75. The molecule has 0 fully saturated rings. The third kappa shape index (κ3) is 3.88. The molecule has 29 heavy (non-hydrogen) atoms. The summed E-state index contributed by atoms with van der Waals surface area (Å²) in [4.78, 5) is 21.1. The zero-order chi connectivity index (χ0) is 20.8. The third-order valence-electron chi connectivity index (χ3n) is 4.71. The Kier molecular flexibility index (Phi) is 4.89. The summed E-state index contributed by atoms with van der Waals surface area (Å²) in [5.74, 6) is 0.432. The summed E-state index contributed by atoms with van der Waals surface area (Å²) in [6.45, 7) is 3.12. The Bertz CT molecular complexity index is 1240. The van der Waals surface area contributed by atoms with E-state index in [1.165, 1.54) is 11.8 Å². The van der Waals surface area contributed by atoms with Crippen LogP contribution in [-0.2, 0) is 28.4 Å². The molecule has 152 valence electrons. The van der Waals surface area contributed by atoms with E-state index >= 15 is 0 Å². The lowest BCUT2D eigenvalue weighted by molar-refractivity contribution is 0.0783. The quantitative estimate of drug-likeness (QED) is 0.585. The summed E-state index contributed by atoms with van der Waals surface area (Å²) >= 11 is 0.966. The Balaban J connectivity index is 1.66. The van der Waals surface area contributed by atoms with Gasteiger partial charge in [-0.25, -0.2) is 24.1 Å². The molecule has 2 aromatic heterocycles. The number of carbonyl (C=O) groups is 1. The molecule has 0 saturated heterocycles. The number of aromatic nitrogens is 2. The molecule has 2 amide bonds. The number of para-hydroxylation sites is 1. The summed E-state index contributed by atoms with van der Waals surface area (Å²) in [6, 6.07) is 6.95. The second-order valence-electron chi connectivity index (χ2n) is 7.42. The Morgan fingerprint density at radius 2 is 2.03 bits per heavy atom. The van der Waals surface area contributed by atoms with Crippen LogP contribution in [0.4, 0.5) is 10.6 Å². The highest BCUT2D eigenvalue weighted by Crippen LogP contribution is 2.34. The highest BCUT2D eigenvalue weighted by Gasteiger charge is 2.24. The molecule has 0 radical (unpaired) electrons. The van der Waals surface area contributed by atoms with Gasteiger partial charge in [0.05, 0.1) is 11.7 Å². The fourth-order valence-electron chi connectivity index (χ4n) is 3.39. The van der Waals surface area contributed by atoms with E-state index in [1.807, 2.05) is 24.3 Å². The van der Waals surface area contributed by atoms with Crippen molar-refractivity contribution >= 4 is 44.0 Å². The van der Waals surface area contributed by atoms with Crippen LogP contribution in [0.3, 0.4) is 0 Å². The van der Waals surface area contributed by atoms with Gasteiger partial charge in [0.2, 0.25) is 0 Å². The van der Waals surface area contributed by atoms with Gasteiger partial charge in [-0.1, -0.05) is 18.2 Å². The molecule has 1 atom stereocenters. The average molecular weight is 432 g/mol. The van der Waals surface area contributed by atoms with Crippen LogP contribution in [0, 0.1) is 0 Å². The second-order valence-corrected chi connectivity index (χ2v) is 10.5. The molecular weight excluding hydrogens is 410 g/mol. The zero-order valence-electron chi connectivity index (χ0n) is 16.0. The van der Waals surface area contributed by atoms with E-state index in [0.29, 0.717) is 10.8 Å². The zero-order valence-corrected chi connectivity index (χ0v) is 17.6. The van der Waals surface area contributed by atoms with Gasteiger partial charge in [0.1, 0.15) is 20.6 Å². The minimum atomic E-state index is -3.50. The van der Waals surface area contributed by atoms with Crippen LogP contribution >= 0.6 is 11.3 Å². The molecule has 3 aromatic rings. The molecule has 0 saturated carbocycles. The number of hydrogen-bond acceptors (Lipinski definition) is 6. The molecule has 4 rings (SSSR count). The predicted octanol–water partition coefficient (Wildman–Crippen LogP) is 3.34. The molecular formula is C19H21N5O3S2. The van der Waals surface area contributed by atoms with Crippen molar-refractivity contribution in [1.82, 2.24) is 9.97 Å². The van der Waals surface area contributed by atoms with Crippen LogP contribution in [0.15, 0.2) is 39.0 Å². The third-order valence-corrected chi connectivity index (χ3v) is 7.90. The van der Waals surface area contributed by atoms with E-state index < -0.39 is 21.5 Å². The van der Waals surface area contributed by atoms with Crippen molar-refractivity contribution in [1.29, 1.82) is 0 Å². The van der Waals surface area contributed by atoms with Crippen molar-refractivity contribution in [3.63, 3.8) is 0 Å². The fraction of sp³-hybridized carbons (Fsp3) is 0.316. The first-order valence-corrected chi connectivity index (χ1v) is 11.5. The van der Waals surface area contributed by atoms with Crippen molar-refractivity contribution in [2.75, 3.05) is 5.32 Å². The Labute approximate surface area is 172 Å². The number of nitrogens with one attached hydrogen (secondary N) is 1. The molecule has 0 bridgehead atoms. The molecule has 0 aliphatic heterocycles.